The molecule has 0 atom stereocenters. The van der Waals surface area contributed by atoms with Crippen LogP contribution in [0.3, 0.4) is 0 Å². The molecule has 8 heteroatoms. The van der Waals surface area contributed by atoms with E-state index < -0.39 is 4.92 Å². The highest BCUT2D eigenvalue weighted by atomic mass is 32.2. The third-order valence-corrected chi connectivity index (χ3v) is 3.67. The van der Waals surface area contributed by atoms with Crippen molar-refractivity contribution >= 4 is 28.5 Å². The quantitative estimate of drug-likeness (QED) is 0.676. The second-order valence-corrected chi connectivity index (χ2v) is 5.64. The number of amides is 1. The van der Waals surface area contributed by atoms with Gasteiger partial charge >= 0.3 is 5.69 Å². The summed E-state index contributed by atoms with van der Waals surface area (Å²) in [6.07, 6.45) is 0. The van der Waals surface area contributed by atoms with Crippen molar-refractivity contribution in [2.24, 2.45) is 4.99 Å². The van der Waals surface area contributed by atoms with E-state index in [1.54, 1.807) is 19.9 Å². The molecule has 0 bridgehead atoms. The number of aliphatic imine (C=N–C) groups is 1. The lowest BCUT2D eigenvalue weighted by atomic mass is 10.1. The van der Waals surface area contributed by atoms with Gasteiger partial charge in [0, 0.05) is 11.8 Å². The second kappa shape index (κ2) is 6.57. The Labute approximate surface area is 125 Å². The van der Waals surface area contributed by atoms with Gasteiger partial charge in [0.15, 0.2) is 11.8 Å². The van der Waals surface area contributed by atoms with Crippen molar-refractivity contribution in [2.75, 3.05) is 18.9 Å². The lowest BCUT2D eigenvalue weighted by molar-refractivity contribution is -0.385. The van der Waals surface area contributed by atoms with Crippen LogP contribution in [0.4, 0.5) is 5.69 Å². The summed E-state index contributed by atoms with van der Waals surface area (Å²) in [5.74, 6) is 0.595. The van der Waals surface area contributed by atoms with Crippen LogP contribution in [-0.2, 0) is 4.79 Å². The molecule has 0 saturated carbocycles. The molecule has 0 spiro atoms. The first-order valence-electron chi connectivity index (χ1n) is 6.33. The van der Waals surface area contributed by atoms with Crippen LogP contribution in [0.2, 0.25) is 0 Å². The number of ether oxygens (including phenoxy) is 1. The lowest BCUT2D eigenvalue weighted by Gasteiger charge is -2.10. The van der Waals surface area contributed by atoms with Gasteiger partial charge in [0.2, 0.25) is 5.75 Å². The molecule has 0 aromatic heterocycles. The molecule has 0 saturated heterocycles. The van der Waals surface area contributed by atoms with Gasteiger partial charge in [0.05, 0.1) is 11.5 Å². The Kier molecular flexibility index (Phi) is 4.79. The number of thioether (sulfide) groups is 1. The maximum Gasteiger partial charge on any atom is 0.311 e. The summed E-state index contributed by atoms with van der Waals surface area (Å²) in [7, 11) is 0. The zero-order valence-corrected chi connectivity index (χ0v) is 12.5. The van der Waals surface area contributed by atoms with Crippen molar-refractivity contribution in [3.8, 4) is 5.75 Å². The average molecular weight is 309 g/mol. The number of nitrogens with zero attached hydrogens (tertiary/aromatic N) is 2. The van der Waals surface area contributed by atoms with E-state index in [1.165, 1.54) is 17.8 Å². The molecule has 1 aliphatic rings. The minimum absolute atomic E-state index is 0.127. The summed E-state index contributed by atoms with van der Waals surface area (Å²) in [6, 6.07) is 3.20. The van der Waals surface area contributed by atoms with Gasteiger partial charge < -0.3 is 10.1 Å². The molecule has 0 unspecified atom stereocenters. The number of nitrogens with one attached hydrogen (secondary N) is 1. The number of carbonyl (C=O) groups is 1. The predicted octanol–water partition coefficient (Wildman–Crippen LogP) is 1.81. The van der Waals surface area contributed by atoms with Crippen LogP contribution in [0.15, 0.2) is 17.1 Å². The van der Waals surface area contributed by atoms with E-state index in [4.69, 9.17) is 4.74 Å². The fourth-order valence-corrected chi connectivity index (χ4v) is 2.70. The molecule has 0 fully saturated rings. The van der Waals surface area contributed by atoms with E-state index >= 15 is 0 Å². The van der Waals surface area contributed by atoms with Crippen LogP contribution in [-0.4, -0.2) is 34.9 Å². The summed E-state index contributed by atoms with van der Waals surface area (Å²) in [4.78, 5) is 26.4. The van der Waals surface area contributed by atoms with E-state index in [1.807, 2.05) is 0 Å². The molecule has 2 rings (SSSR count). The molecule has 1 aliphatic heterocycles. The highest BCUT2D eigenvalue weighted by Gasteiger charge is 2.20. The molecular formula is C13H15N3O4S. The number of hydrogen-bond donors (Lipinski definition) is 1. The molecule has 112 valence electrons. The van der Waals surface area contributed by atoms with Crippen molar-refractivity contribution in [1.29, 1.82) is 0 Å². The van der Waals surface area contributed by atoms with Gasteiger partial charge in [-0.3, -0.25) is 19.9 Å². The minimum atomic E-state index is -0.510. The topological polar surface area (TPSA) is 93.8 Å². The number of amidine groups is 1. The summed E-state index contributed by atoms with van der Waals surface area (Å²) in [5.41, 5.74) is 1.27. The highest BCUT2D eigenvalue weighted by molar-refractivity contribution is 8.14. The van der Waals surface area contributed by atoms with Crippen LogP contribution in [0, 0.1) is 24.0 Å². The Bertz CT molecular complexity index is 616. The molecule has 1 amide bonds. The van der Waals surface area contributed by atoms with E-state index in [0.717, 1.165) is 11.3 Å². The number of hydrogen-bond acceptors (Lipinski definition) is 6. The maximum atomic E-state index is 11.7. The molecule has 1 heterocycles. The zero-order chi connectivity index (χ0) is 15.4. The summed E-state index contributed by atoms with van der Waals surface area (Å²) >= 11 is 1.46. The largest absolute Gasteiger partial charge is 0.477 e. The molecule has 1 N–H and O–H groups in total. The normalized spacial score (nSPS) is 13.7. The molecule has 21 heavy (non-hydrogen) atoms. The third kappa shape index (κ3) is 3.94. The summed E-state index contributed by atoms with van der Waals surface area (Å²) < 4.78 is 5.34. The Morgan fingerprint density at radius 2 is 2.29 bits per heavy atom. The molecule has 1 aromatic carbocycles. The monoisotopic (exact) mass is 309 g/mol. The Hall–Kier alpha value is -2.09. The van der Waals surface area contributed by atoms with Crippen LogP contribution in [0.1, 0.15) is 11.1 Å². The fourth-order valence-electron chi connectivity index (χ4n) is 1.96. The highest BCUT2D eigenvalue weighted by Crippen LogP contribution is 2.31. The van der Waals surface area contributed by atoms with E-state index in [-0.39, 0.29) is 24.0 Å². The molecule has 0 aliphatic carbocycles. The Morgan fingerprint density at radius 1 is 1.52 bits per heavy atom. The summed E-state index contributed by atoms with van der Waals surface area (Å²) in [5, 5.41) is 14.2. The van der Waals surface area contributed by atoms with Crippen molar-refractivity contribution < 1.29 is 14.5 Å². The smallest absolute Gasteiger partial charge is 0.311 e. The third-order valence-electron chi connectivity index (χ3n) is 2.78. The van der Waals surface area contributed by atoms with Gasteiger partial charge in [-0.1, -0.05) is 17.8 Å². The van der Waals surface area contributed by atoms with Crippen molar-refractivity contribution in [2.45, 2.75) is 13.8 Å². The predicted molar refractivity (Wildman–Crippen MR) is 81.0 cm³/mol. The van der Waals surface area contributed by atoms with Crippen molar-refractivity contribution in [3.63, 3.8) is 0 Å². The van der Waals surface area contributed by atoms with Crippen LogP contribution >= 0.6 is 11.8 Å². The Morgan fingerprint density at radius 3 is 2.90 bits per heavy atom. The minimum Gasteiger partial charge on any atom is -0.477 e. The first kappa shape index (κ1) is 15.3. The average Bonchev–Trinajstić information content (AvgIpc) is 2.89. The SMILES string of the molecule is Cc1cc(C)c(OCC(=O)NC2=NCCS2)c([N+](=O)[O-])c1. The van der Waals surface area contributed by atoms with Crippen molar-refractivity contribution in [3.05, 3.63) is 33.4 Å². The van der Waals surface area contributed by atoms with E-state index in [0.29, 0.717) is 17.3 Å². The molecule has 1 aromatic rings. The summed E-state index contributed by atoms with van der Waals surface area (Å²) in [6.45, 7) is 3.88. The van der Waals surface area contributed by atoms with Gasteiger partial charge in [-0.05, 0) is 25.0 Å². The van der Waals surface area contributed by atoms with Crippen LogP contribution in [0.5, 0.6) is 5.75 Å². The zero-order valence-electron chi connectivity index (χ0n) is 11.7. The van der Waals surface area contributed by atoms with Gasteiger partial charge in [0.1, 0.15) is 0 Å². The first-order chi connectivity index (χ1) is 9.97. The Balaban J connectivity index is 2.05. The lowest BCUT2D eigenvalue weighted by Crippen LogP contribution is -2.32. The molecule has 7 nitrogen and oxygen atoms in total. The van der Waals surface area contributed by atoms with Gasteiger partial charge in [0.25, 0.3) is 5.91 Å². The van der Waals surface area contributed by atoms with E-state index in [2.05, 4.69) is 10.3 Å². The molecular weight excluding hydrogens is 294 g/mol. The second-order valence-electron chi connectivity index (χ2n) is 4.56. The number of nitro benzene ring substituents is 1. The van der Waals surface area contributed by atoms with Gasteiger partial charge in [-0.15, -0.1) is 0 Å². The fraction of sp³-hybridized carbons (Fsp3) is 0.385. The van der Waals surface area contributed by atoms with Gasteiger partial charge in [-0.25, -0.2) is 0 Å². The number of aryl methyl sites for hydroxylation is 2. The molecule has 0 radical (unpaired) electrons. The number of rotatable bonds is 4. The van der Waals surface area contributed by atoms with E-state index in [9.17, 15) is 14.9 Å². The number of carbonyl (C=O) groups excluding carboxylic acids is 1. The number of benzene rings is 1. The van der Waals surface area contributed by atoms with Crippen LogP contribution in [0.25, 0.3) is 0 Å². The maximum absolute atomic E-state index is 11.7. The first-order valence-corrected chi connectivity index (χ1v) is 7.31. The standard InChI is InChI=1S/C13H15N3O4S/c1-8-5-9(2)12(10(6-8)16(18)19)20-7-11(17)15-13-14-3-4-21-13/h5-6H,3-4,7H2,1-2H3,(H,14,15,17). The number of nitro groups is 1. The van der Waals surface area contributed by atoms with Gasteiger partial charge in [-0.2, -0.15) is 0 Å². The van der Waals surface area contributed by atoms with Crippen LogP contribution < -0.4 is 10.1 Å². The van der Waals surface area contributed by atoms with Crippen molar-refractivity contribution in [1.82, 2.24) is 5.32 Å².